The Morgan fingerprint density at radius 1 is 1.41 bits per heavy atom. The molecule has 1 N–H and O–H groups in total. The van der Waals surface area contributed by atoms with Gasteiger partial charge in [0, 0.05) is 18.2 Å². The van der Waals surface area contributed by atoms with Crippen LogP contribution in [0.2, 0.25) is 0 Å². The highest BCUT2D eigenvalue weighted by atomic mass is 33.1. The molecule has 1 atom stereocenters. The molecule has 0 heterocycles. The van der Waals surface area contributed by atoms with Gasteiger partial charge in [-0.25, -0.2) is 4.79 Å². The van der Waals surface area contributed by atoms with Crippen molar-refractivity contribution >= 4 is 33.5 Å². The van der Waals surface area contributed by atoms with Gasteiger partial charge in [-0.1, -0.05) is 21.6 Å². The Kier molecular flexibility index (Phi) is 7.01. The van der Waals surface area contributed by atoms with Crippen molar-refractivity contribution in [3.05, 3.63) is 0 Å². The minimum Gasteiger partial charge on any atom is -0.480 e. The molecule has 0 fully saturated rings. The maximum atomic E-state index is 11.8. The SMILES string of the molecule is CSSC(C)(C)CCC(=O)N(C)[C@@H](C)C(=O)O. The molecule has 0 aliphatic rings. The summed E-state index contributed by atoms with van der Waals surface area (Å²) < 4.78 is 0.0301. The molecule has 0 saturated heterocycles. The molecule has 0 spiro atoms. The lowest BCUT2D eigenvalue weighted by Crippen LogP contribution is -2.40. The van der Waals surface area contributed by atoms with Crippen molar-refractivity contribution in [3.8, 4) is 0 Å². The van der Waals surface area contributed by atoms with E-state index in [1.165, 1.54) is 18.9 Å². The van der Waals surface area contributed by atoms with Gasteiger partial charge in [0.15, 0.2) is 0 Å². The molecule has 0 bridgehead atoms. The molecule has 4 nitrogen and oxygen atoms in total. The van der Waals surface area contributed by atoms with E-state index < -0.39 is 12.0 Å². The topological polar surface area (TPSA) is 57.6 Å². The minimum atomic E-state index is -0.974. The average molecular weight is 279 g/mol. The van der Waals surface area contributed by atoms with Crippen molar-refractivity contribution in [1.29, 1.82) is 0 Å². The number of hydrogen-bond donors (Lipinski definition) is 1. The van der Waals surface area contributed by atoms with Crippen LogP contribution in [0.3, 0.4) is 0 Å². The number of rotatable bonds is 7. The Balaban J connectivity index is 4.23. The van der Waals surface area contributed by atoms with E-state index in [1.54, 1.807) is 21.6 Å². The third-order valence-corrected chi connectivity index (χ3v) is 5.26. The van der Waals surface area contributed by atoms with E-state index >= 15 is 0 Å². The van der Waals surface area contributed by atoms with Crippen LogP contribution in [0.5, 0.6) is 0 Å². The molecule has 0 aliphatic carbocycles. The van der Waals surface area contributed by atoms with E-state index in [9.17, 15) is 9.59 Å². The molecule has 17 heavy (non-hydrogen) atoms. The first-order valence-corrected chi connectivity index (χ1v) is 7.97. The van der Waals surface area contributed by atoms with Crippen molar-refractivity contribution in [3.63, 3.8) is 0 Å². The first-order chi connectivity index (χ1) is 7.71. The fourth-order valence-corrected chi connectivity index (χ4v) is 3.47. The fourth-order valence-electron chi connectivity index (χ4n) is 1.23. The van der Waals surface area contributed by atoms with Gasteiger partial charge in [0.25, 0.3) is 0 Å². The standard InChI is InChI=1S/C11H21NO3S2/c1-8(10(14)15)12(4)9(13)6-7-11(2,3)17-16-5/h8H,6-7H2,1-5H3,(H,14,15)/t8-/m0/s1. The number of nitrogens with zero attached hydrogens (tertiary/aromatic N) is 1. The van der Waals surface area contributed by atoms with Crippen molar-refractivity contribution in [2.75, 3.05) is 13.3 Å². The zero-order chi connectivity index (χ0) is 13.6. The second-order valence-electron chi connectivity index (χ2n) is 4.53. The summed E-state index contributed by atoms with van der Waals surface area (Å²) in [5.74, 6) is -1.09. The number of likely N-dealkylation sites (N-methyl/N-ethyl adjacent to an activating group) is 1. The number of amides is 1. The van der Waals surface area contributed by atoms with Crippen molar-refractivity contribution in [1.82, 2.24) is 4.90 Å². The maximum Gasteiger partial charge on any atom is 0.326 e. The van der Waals surface area contributed by atoms with Crippen molar-refractivity contribution < 1.29 is 14.7 Å². The highest BCUT2D eigenvalue weighted by molar-refractivity contribution is 8.76. The summed E-state index contributed by atoms with van der Waals surface area (Å²) in [6.07, 6.45) is 3.13. The van der Waals surface area contributed by atoms with Gasteiger partial charge < -0.3 is 10.0 Å². The third-order valence-electron chi connectivity index (χ3n) is 2.58. The Morgan fingerprint density at radius 3 is 2.35 bits per heavy atom. The van der Waals surface area contributed by atoms with Gasteiger partial charge in [-0.3, -0.25) is 4.79 Å². The van der Waals surface area contributed by atoms with Gasteiger partial charge in [0.05, 0.1) is 0 Å². The van der Waals surface area contributed by atoms with Crippen molar-refractivity contribution in [2.24, 2.45) is 0 Å². The Morgan fingerprint density at radius 2 is 1.94 bits per heavy atom. The monoisotopic (exact) mass is 279 g/mol. The summed E-state index contributed by atoms with van der Waals surface area (Å²) in [4.78, 5) is 23.8. The first-order valence-electron chi connectivity index (χ1n) is 5.41. The quantitative estimate of drug-likeness (QED) is 0.726. The van der Waals surface area contributed by atoms with Crippen LogP contribution >= 0.6 is 21.6 Å². The second-order valence-corrected chi connectivity index (χ2v) is 7.63. The first kappa shape index (κ1) is 16.6. The highest BCUT2D eigenvalue weighted by Gasteiger charge is 2.24. The summed E-state index contributed by atoms with van der Waals surface area (Å²) in [6.45, 7) is 5.69. The molecule has 100 valence electrons. The molecule has 0 aromatic carbocycles. The van der Waals surface area contributed by atoms with Gasteiger partial charge in [0.1, 0.15) is 6.04 Å². The predicted molar refractivity (Wildman–Crippen MR) is 74.3 cm³/mol. The van der Waals surface area contributed by atoms with Crippen LogP contribution < -0.4 is 0 Å². The largest absolute Gasteiger partial charge is 0.480 e. The number of aliphatic carboxylic acids is 1. The fraction of sp³-hybridized carbons (Fsp3) is 0.818. The summed E-state index contributed by atoms with van der Waals surface area (Å²) in [5, 5.41) is 8.81. The lowest BCUT2D eigenvalue weighted by Gasteiger charge is -2.25. The smallest absolute Gasteiger partial charge is 0.326 e. The third kappa shape index (κ3) is 6.21. The number of carboxylic acid groups (broad SMARTS) is 1. The van der Waals surface area contributed by atoms with Crippen LogP contribution in [0.1, 0.15) is 33.6 Å². The lowest BCUT2D eigenvalue weighted by atomic mass is 10.1. The molecule has 1 amide bonds. The normalized spacial score (nSPS) is 13.2. The predicted octanol–water partition coefficient (Wildman–Crippen LogP) is 2.49. The van der Waals surface area contributed by atoms with Crippen LogP contribution in [0.25, 0.3) is 0 Å². The average Bonchev–Trinajstić information content (AvgIpc) is 2.23. The summed E-state index contributed by atoms with van der Waals surface area (Å²) in [6, 6.07) is -0.765. The molecule has 0 aromatic rings. The van der Waals surface area contributed by atoms with Crippen molar-refractivity contribution in [2.45, 2.75) is 44.4 Å². The maximum absolute atomic E-state index is 11.8. The van der Waals surface area contributed by atoms with Gasteiger partial charge in [-0.05, 0) is 33.4 Å². The van der Waals surface area contributed by atoms with E-state index in [0.717, 1.165) is 6.42 Å². The lowest BCUT2D eigenvalue weighted by molar-refractivity contribution is -0.148. The van der Waals surface area contributed by atoms with E-state index in [1.807, 2.05) is 6.26 Å². The number of carboxylic acids is 1. The number of hydrogen-bond acceptors (Lipinski definition) is 4. The van der Waals surface area contributed by atoms with E-state index in [0.29, 0.717) is 6.42 Å². The summed E-state index contributed by atoms with van der Waals surface area (Å²) >= 11 is 0. The number of carbonyl (C=O) groups excluding carboxylic acids is 1. The highest BCUT2D eigenvalue weighted by Crippen LogP contribution is 2.37. The van der Waals surface area contributed by atoms with Gasteiger partial charge >= 0.3 is 5.97 Å². The molecule has 0 saturated carbocycles. The Hall–Kier alpha value is -0.360. The van der Waals surface area contributed by atoms with Crippen LogP contribution in [-0.4, -0.2) is 46.0 Å². The molecular formula is C11H21NO3S2. The molecule has 0 rings (SSSR count). The summed E-state index contributed by atoms with van der Waals surface area (Å²) in [7, 11) is 4.95. The van der Waals surface area contributed by atoms with Crippen LogP contribution in [0, 0.1) is 0 Å². The van der Waals surface area contributed by atoms with Crippen LogP contribution in [0.15, 0.2) is 0 Å². The molecule has 0 radical (unpaired) electrons. The van der Waals surface area contributed by atoms with E-state index in [4.69, 9.17) is 5.11 Å². The molecule has 6 heteroatoms. The minimum absolute atomic E-state index is 0.0301. The van der Waals surface area contributed by atoms with E-state index in [-0.39, 0.29) is 10.7 Å². The molecule has 0 aliphatic heterocycles. The van der Waals surface area contributed by atoms with Gasteiger partial charge in [-0.15, -0.1) is 0 Å². The molecular weight excluding hydrogens is 258 g/mol. The molecule has 0 unspecified atom stereocenters. The Bertz CT molecular complexity index is 282. The zero-order valence-electron chi connectivity index (χ0n) is 11.0. The zero-order valence-corrected chi connectivity index (χ0v) is 12.7. The molecule has 0 aromatic heterocycles. The summed E-state index contributed by atoms with van der Waals surface area (Å²) in [5.41, 5.74) is 0. The van der Waals surface area contributed by atoms with Crippen LogP contribution in [0.4, 0.5) is 0 Å². The Labute approximate surface area is 111 Å². The van der Waals surface area contributed by atoms with Gasteiger partial charge in [0.2, 0.25) is 5.91 Å². The van der Waals surface area contributed by atoms with Gasteiger partial charge in [-0.2, -0.15) is 0 Å². The second kappa shape index (κ2) is 7.16. The number of carbonyl (C=O) groups is 2. The van der Waals surface area contributed by atoms with E-state index in [2.05, 4.69) is 13.8 Å². The van der Waals surface area contributed by atoms with Crippen LogP contribution in [-0.2, 0) is 9.59 Å².